The average molecular weight is 204 g/mol. The smallest absolute Gasteiger partial charge is 0.167 e. The van der Waals surface area contributed by atoms with Gasteiger partial charge in [-0.05, 0) is 6.07 Å². The van der Waals surface area contributed by atoms with Gasteiger partial charge in [0, 0.05) is 26.3 Å². The number of nitrogens with zero attached hydrogens (tertiary/aromatic N) is 2. The van der Waals surface area contributed by atoms with Crippen molar-refractivity contribution < 1.29 is 4.39 Å². The van der Waals surface area contributed by atoms with Gasteiger partial charge in [-0.15, -0.1) is 0 Å². The van der Waals surface area contributed by atoms with Gasteiger partial charge in [0.15, 0.2) is 11.6 Å². The number of hydrogen-bond acceptors (Lipinski definition) is 3. The van der Waals surface area contributed by atoms with E-state index in [0.717, 1.165) is 0 Å². The Hall–Kier alpha value is -0.870. The predicted molar refractivity (Wildman–Crippen MR) is 51.5 cm³/mol. The minimum Gasteiger partial charge on any atom is -0.356 e. The minimum absolute atomic E-state index is 0.273. The highest BCUT2D eigenvalue weighted by Gasteiger charge is 2.08. The summed E-state index contributed by atoms with van der Waals surface area (Å²) in [5, 5.41) is 0.294. The number of aromatic nitrogens is 1. The third kappa shape index (κ3) is 2.54. The van der Waals surface area contributed by atoms with E-state index in [1.807, 2.05) is 0 Å². The average Bonchev–Trinajstić information content (AvgIpc) is 2.04. The number of hydrogen-bond donors (Lipinski definition) is 1. The van der Waals surface area contributed by atoms with E-state index in [1.165, 1.54) is 12.3 Å². The number of anilines is 1. The van der Waals surface area contributed by atoms with E-state index in [1.54, 1.807) is 11.9 Å². The van der Waals surface area contributed by atoms with E-state index in [0.29, 0.717) is 18.1 Å². The number of likely N-dealkylation sites (N-methyl/N-ethyl adjacent to an activating group) is 1. The second kappa shape index (κ2) is 4.39. The van der Waals surface area contributed by atoms with Crippen molar-refractivity contribution >= 4 is 17.4 Å². The predicted octanol–water partition coefficient (Wildman–Crippen LogP) is 1.27. The molecule has 13 heavy (non-hydrogen) atoms. The first-order chi connectivity index (χ1) is 6.15. The van der Waals surface area contributed by atoms with Crippen LogP contribution in [0, 0.1) is 5.82 Å². The van der Waals surface area contributed by atoms with Gasteiger partial charge in [0.25, 0.3) is 0 Å². The van der Waals surface area contributed by atoms with Crippen LogP contribution in [0.4, 0.5) is 10.2 Å². The van der Waals surface area contributed by atoms with E-state index in [9.17, 15) is 4.39 Å². The highest BCUT2D eigenvalue weighted by atomic mass is 35.5. The second-order valence-electron chi connectivity index (χ2n) is 2.67. The van der Waals surface area contributed by atoms with Crippen LogP contribution in [-0.4, -0.2) is 25.1 Å². The largest absolute Gasteiger partial charge is 0.356 e. The zero-order valence-corrected chi connectivity index (χ0v) is 8.05. The maximum absolute atomic E-state index is 13.2. The summed E-state index contributed by atoms with van der Waals surface area (Å²) in [5.41, 5.74) is 5.33. The quantitative estimate of drug-likeness (QED) is 0.805. The van der Waals surface area contributed by atoms with E-state index < -0.39 is 5.82 Å². The van der Waals surface area contributed by atoms with Crippen LogP contribution >= 0.6 is 11.6 Å². The summed E-state index contributed by atoms with van der Waals surface area (Å²) in [5.74, 6) is -0.154. The van der Waals surface area contributed by atoms with Crippen LogP contribution in [0.1, 0.15) is 0 Å². The summed E-state index contributed by atoms with van der Waals surface area (Å²) in [4.78, 5) is 5.50. The molecular formula is C8H11ClFN3. The highest BCUT2D eigenvalue weighted by Crippen LogP contribution is 2.17. The number of halogens is 2. The summed E-state index contributed by atoms with van der Waals surface area (Å²) in [6.07, 6.45) is 1.41. The molecule has 0 atom stereocenters. The fourth-order valence-electron chi connectivity index (χ4n) is 0.988. The Kier molecular flexibility index (Phi) is 3.45. The summed E-state index contributed by atoms with van der Waals surface area (Å²) in [7, 11) is 1.73. The van der Waals surface area contributed by atoms with Gasteiger partial charge >= 0.3 is 0 Å². The summed E-state index contributed by atoms with van der Waals surface area (Å²) < 4.78 is 13.2. The van der Waals surface area contributed by atoms with Crippen LogP contribution < -0.4 is 10.6 Å². The fraction of sp³-hybridized carbons (Fsp3) is 0.375. The van der Waals surface area contributed by atoms with Gasteiger partial charge in [0.1, 0.15) is 0 Å². The van der Waals surface area contributed by atoms with E-state index in [2.05, 4.69) is 4.98 Å². The Morgan fingerprint density at radius 3 is 2.92 bits per heavy atom. The second-order valence-corrected chi connectivity index (χ2v) is 3.11. The van der Waals surface area contributed by atoms with Crippen molar-refractivity contribution in [2.75, 3.05) is 25.0 Å². The number of nitrogens with two attached hydrogens (primary N) is 1. The normalized spacial score (nSPS) is 10.2. The summed E-state index contributed by atoms with van der Waals surface area (Å²) in [6.45, 7) is 1.02. The molecule has 0 unspecified atom stereocenters. The van der Waals surface area contributed by atoms with Crippen molar-refractivity contribution in [3.05, 3.63) is 23.1 Å². The molecule has 0 aliphatic rings. The number of pyridine rings is 1. The molecule has 0 radical (unpaired) electrons. The topological polar surface area (TPSA) is 42.1 Å². The first-order valence-electron chi connectivity index (χ1n) is 3.87. The lowest BCUT2D eigenvalue weighted by Gasteiger charge is -2.17. The monoisotopic (exact) mass is 203 g/mol. The van der Waals surface area contributed by atoms with E-state index >= 15 is 0 Å². The van der Waals surface area contributed by atoms with Crippen LogP contribution in [0.3, 0.4) is 0 Å². The molecule has 1 heterocycles. The molecule has 1 aromatic rings. The van der Waals surface area contributed by atoms with Gasteiger partial charge in [-0.2, -0.15) is 0 Å². The Morgan fingerprint density at radius 2 is 2.38 bits per heavy atom. The molecule has 5 heteroatoms. The Morgan fingerprint density at radius 1 is 1.69 bits per heavy atom. The van der Waals surface area contributed by atoms with Crippen molar-refractivity contribution in [1.82, 2.24) is 4.98 Å². The fourth-order valence-corrected chi connectivity index (χ4v) is 1.13. The van der Waals surface area contributed by atoms with Gasteiger partial charge < -0.3 is 10.6 Å². The van der Waals surface area contributed by atoms with Crippen LogP contribution in [-0.2, 0) is 0 Å². The molecule has 0 aliphatic heterocycles. The van der Waals surface area contributed by atoms with Crippen LogP contribution in [0.2, 0.25) is 5.02 Å². The molecule has 0 saturated heterocycles. The molecule has 0 aliphatic carbocycles. The highest BCUT2D eigenvalue weighted by molar-refractivity contribution is 6.30. The lowest BCUT2D eigenvalue weighted by molar-refractivity contribution is 0.615. The molecule has 72 valence electrons. The Balaban J connectivity index is 2.88. The molecule has 1 rings (SSSR count). The lowest BCUT2D eigenvalue weighted by Crippen LogP contribution is -2.26. The first kappa shape index (κ1) is 10.2. The third-order valence-corrected chi connectivity index (χ3v) is 1.82. The van der Waals surface area contributed by atoms with Gasteiger partial charge in [-0.3, -0.25) is 0 Å². The molecule has 0 amide bonds. The molecular weight excluding hydrogens is 193 g/mol. The zero-order valence-electron chi connectivity index (χ0n) is 7.30. The molecule has 0 fully saturated rings. The van der Waals surface area contributed by atoms with Crippen molar-refractivity contribution in [2.45, 2.75) is 0 Å². The third-order valence-electron chi connectivity index (χ3n) is 1.61. The van der Waals surface area contributed by atoms with Gasteiger partial charge in [-0.1, -0.05) is 11.6 Å². The Labute approximate surface area is 81.3 Å². The molecule has 1 aromatic heterocycles. The minimum atomic E-state index is -0.427. The molecule has 0 aromatic carbocycles. The zero-order chi connectivity index (χ0) is 9.84. The first-order valence-corrected chi connectivity index (χ1v) is 4.25. The van der Waals surface area contributed by atoms with Gasteiger partial charge in [-0.25, -0.2) is 9.37 Å². The molecule has 3 nitrogen and oxygen atoms in total. The standard InChI is InChI=1S/C8H11ClFN3/c1-13(3-2-11)8-7(10)4-6(9)5-12-8/h4-5H,2-3,11H2,1H3. The maximum Gasteiger partial charge on any atom is 0.167 e. The molecule has 0 bridgehead atoms. The molecule has 2 N–H and O–H groups in total. The Bertz CT molecular complexity index is 293. The summed E-state index contributed by atoms with van der Waals surface area (Å²) in [6, 6.07) is 1.23. The van der Waals surface area contributed by atoms with Crippen molar-refractivity contribution in [3.63, 3.8) is 0 Å². The number of rotatable bonds is 3. The van der Waals surface area contributed by atoms with Crippen LogP contribution in [0.5, 0.6) is 0 Å². The van der Waals surface area contributed by atoms with Crippen LogP contribution in [0.25, 0.3) is 0 Å². The molecule has 0 saturated carbocycles. The van der Waals surface area contributed by atoms with Crippen LogP contribution in [0.15, 0.2) is 12.3 Å². The lowest BCUT2D eigenvalue weighted by atomic mass is 10.4. The van der Waals surface area contributed by atoms with Crippen molar-refractivity contribution in [3.8, 4) is 0 Å². The van der Waals surface area contributed by atoms with E-state index in [4.69, 9.17) is 17.3 Å². The van der Waals surface area contributed by atoms with Crippen molar-refractivity contribution in [2.24, 2.45) is 5.73 Å². The van der Waals surface area contributed by atoms with Gasteiger partial charge in [0.2, 0.25) is 0 Å². The SMILES string of the molecule is CN(CCN)c1ncc(Cl)cc1F. The van der Waals surface area contributed by atoms with Gasteiger partial charge in [0.05, 0.1) is 5.02 Å². The van der Waals surface area contributed by atoms with Crippen molar-refractivity contribution in [1.29, 1.82) is 0 Å². The van der Waals surface area contributed by atoms with E-state index in [-0.39, 0.29) is 5.82 Å². The summed E-state index contributed by atoms with van der Waals surface area (Å²) >= 11 is 5.55. The maximum atomic E-state index is 13.2. The molecule has 0 spiro atoms.